The van der Waals surface area contributed by atoms with E-state index < -0.39 is 18.1 Å². The highest BCUT2D eigenvalue weighted by Gasteiger charge is 2.11. The highest BCUT2D eigenvalue weighted by atomic mass is 28.3. The molecule has 0 aliphatic heterocycles. The standard InChI is InChI=1S/C10H26O2Si2/c1-6-7-11-13(4)8-9-14(5)12-10(2)3/h10,13-14H,6-9H2,1-5H3. The molecule has 14 heavy (non-hydrogen) atoms. The molecule has 0 spiro atoms. The number of hydrogen-bond acceptors (Lipinski definition) is 2. The van der Waals surface area contributed by atoms with Crippen LogP contribution in [0, 0.1) is 0 Å². The predicted molar refractivity (Wildman–Crippen MR) is 68.1 cm³/mol. The minimum Gasteiger partial charge on any atom is -0.420 e. The van der Waals surface area contributed by atoms with E-state index >= 15 is 0 Å². The summed E-state index contributed by atoms with van der Waals surface area (Å²) in [6.45, 7) is 12.0. The lowest BCUT2D eigenvalue weighted by atomic mass is 10.5. The largest absolute Gasteiger partial charge is 0.420 e. The molecule has 0 saturated heterocycles. The SMILES string of the molecule is CCCO[SiH](C)CC[SiH](C)OC(C)C. The van der Waals surface area contributed by atoms with Gasteiger partial charge in [-0.2, -0.15) is 0 Å². The second-order valence-corrected chi connectivity index (χ2v) is 9.26. The maximum Gasteiger partial charge on any atom is 0.174 e. The molecule has 2 nitrogen and oxygen atoms in total. The molecule has 0 aliphatic carbocycles. The zero-order valence-corrected chi connectivity index (χ0v) is 12.7. The molecule has 0 aliphatic rings. The van der Waals surface area contributed by atoms with E-state index in [9.17, 15) is 0 Å². The summed E-state index contributed by atoms with van der Waals surface area (Å²) in [5.74, 6) is 0. The highest BCUT2D eigenvalue weighted by Crippen LogP contribution is 2.07. The van der Waals surface area contributed by atoms with E-state index in [1.54, 1.807) is 0 Å². The van der Waals surface area contributed by atoms with E-state index in [2.05, 4.69) is 33.9 Å². The van der Waals surface area contributed by atoms with Crippen LogP contribution in [-0.4, -0.2) is 30.8 Å². The second-order valence-electron chi connectivity index (χ2n) is 4.25. The minimum atomic E-state index is -0.895. The van der Waals surface area contributed by atoms with Gasteiger partial charge < -0.3 is 8.85 Å². The van der Waals surface area contributed by atoms with Crippen LogP contribution in [-0.2, 0) is 8.85 Å². The highest BCUT2D eigenvalue weighted by molar-refractivity contribution is 6.56. The van der Waals surface area contributed by atoms with E-state index in [1.165, 1.54) is 12.1 Å². The summed E-state index contributed by atoms with van der Waals surface area (Å²) in [5, 5.41) is 0. The minimum absolute atomic E-state index is 0.408. The lowest BCUT2D eigenvalue weighted by Crippen LogP contribution is -2.22. The van der Waals surface area contributed by atoms with Crippen LogP contribution >= 0.6 is 0 Å². The van der Waals surface area contributed by atoms with Crippen molar-refractivity contribution in [1.82, 2.24) is 0 Å². The summed E-state index contributed by atoms with van der Waals surface area (Å²) in [6.07, 6.45) is 1.55. The maximum atomic E-state index is 5.81. The number of rotatable bonds is 8. The topological polar surface area (TPSA) is 18.5 Å². The van der Waals surface area contributed by atoms with E-state index in [-0.39, 0.29) is 0 Å². The van der Waals surface area contributed by atoms with Crippen LogP contribution in [0.5, 0.6) is 0 Å². The van der Waals surface area contributed by atoms with Gasteiger partial charge >= 0.3 is 0 Å². The molecule has 0 heterocycles. The molecule has 0 aromatic carbocycles. The van der Waals surface area contributed by atoms with Gasteiger partial charge in [0.05, 0.1) is 0 Å². The van der Waals surface area contributed by atoms with Gasteiger partial charge in [0.1, 0.15) is 0 Å². The summed E-state index contributed by atoms with van der Waals surface area (Å²) in [5.41, 5.74) is 0. The third kappa shape index (κ3) is 8.93. The Morgan fingerprint density at radius 3 is 2.14 bits per heavy atom. The van der Waals surface area contributed by atoms with Crippen molar-refractivity contribution in [2.24, 2.45) is 0 Å². The molecule has 0 aromatic rings. The van der Waals surface area contributed by atoms with Crippen molar-refractivity contribution in [3.05, 3.63) is 0 Å². The van der Waals surface area contributed by atoms with Crippen molar-refractivity contribution < 1.29 is 8.85 Å². The molecule has 4 heteroatoms. The van der Waals surface area contributed by atoms with Gasteiger partial charge in [0, 0.05) is 12.7 Å². The molecule has 0 bridgehead atoms. The van der Waals surface area contributed by atoms with Crippen molar-refractivity contribution >= 4 is 18.1 Å². The second kappa shape index (κ2) is 8.65. The first-order valence-electron chi connectivity index (χ1n) is 5.83. The molecule has 0 N–H and O–H groups in total. The Hall–Kier alpha value is 0.354. The quantitative estimate of drug-likeness (QED) is 0.601. The van der Waals surface area contributed by atoms with Gasteiger partial charge in [0.15, 0.2) is 18.1 Å². The fourth-order valence-electron chi connectivity index (χ4n) is 1.40. The third-order valence-electron chi connectivity index (χ3n) is 2.09. The summed E-state index contributed by atoms with van der Waals surface area (Å²) in [4.78, 5) is 0. The summed E-state index contributed by atoms with van der Waals surface area (Å²) >= 11 is 0. The summed E-state index contributed by atoms with van der Waals surface area (Å²) < 4.78 is 11.6. The van der Waals surface area contributed by atoms with Crippen molar-refractivity contribution in [3.8, 4) is 0 Å². The van der Waals surface area contributed by atoms with E-state index in [0.717, 1.165) is 13.0 Å². The first kappa shape index (κ1) is 14.4. The normalized spacial score (nSPS) is 15.9. The zero-order valence-electron chi connectivity index (χ0n) is 10.4. The van der Waals surface area contributed by atoms with Gasteiger partial charge in [-0.25, -0.2) is 0 Å². The Bertz CT molecular complexity index is 131. The molecule has 2 unspecified atom stereocenters. The van der Waals surface area contributed by atoms with Crippen molar-refractivity contribution in [2.45, 2.75) is 58.5 Å². The lowest BCUT2D eigenvalue weighted by Gasteiger charge is -2.16. The smallest absolute Gasteiger partial charge is 0.174 e. The Kier molecular flexibility index (Phi) is 8.86. The Morgan fingerprint density at radius 2 is 1.64 bits per heavy atom. The Morgan fingerprint density at radius 1 is 1.07 bits per heavy atom. The first-order chi connectivity index (χ1) is 6.56. The average molecular weight is 234 g/mol. The summed E-state index contributed by atoms with van der Waals surface area (Å²) in [6, 6.07) is 2.58. The molecule has 0 radical (unpaired) electrons. The van der Waals surface area contributed by atoms with Crippen LogP contribution in [0.1, 0.15) is 27.2 Å². The van der Waals surface area contributed by atoms with Crippen LogP contribution < -0.4 is 0 Å². The van der Waals surface area contributed by atoms with Crippen molar-refractivity contribution in [3.63, 3.8) is 0 Å². The Labute approximate surface area is 92.5 Å². The van der Waals surface area contributed by atoms with Crippen LogP contribution in [0.3, 0.4) is 0 Å². The van der Waals surface area contributed by atoms with Gasteiger partial charge in [-0.15, -0.1) is 0 Å². The van der Waals surface area contributed by atoms with E-state index in [4.69, 9.17) is 8.85 Å². The summed E-state index contributed by atoms with van der Waals surface area (Å²) in [7, 11) is -1.76. The Balaban J connectivity index is 3.40. The zero-order chi connectivity index (χ0) is 11.0. The third-order valence-corrected chi connectivity index (χ3v) is 6.86. The molecule has 0 amide bonds. The number of hydrogen-bond donors (Lipinski definition) is 0. The van der Waals surface area contributed by atoms with Crippen molar-refractivity contribution in [1.29, 1.82) is 0 Å². The van der Waals surface area contributed by atoms with Crippen LogP contribution in [0.25, 0.3) is 0 Å². The molecule has 0 rings (SSSR count). The lowest BCUT2D eigenvalue weighted by molar-refractivity contribution is 0.244. The van der Waals surface area contributed by atoms with Gasteiger partial charge in [-0.3, -0.25) is 0 Å². The average Bonchev–Trinajstić information content (AvgIpc) is 2.10. The molecular weight excluding hydrogens is 208 g/mol. The van der Waals surface area contributed by atoms with Crippen LogP contribution in [0.4, 0.5) is 0 Å². The van der Waals surface area contributed by atoms with E-state index in [1.807, 2.05) is 0 Å². The monoisotopic (exact) mass is 234 g/mol. The maximum absolute atomic E-state index is 5.81. The van der Waals surface area contributed by atoms with E-state index in [0.29, 0.717) is 6.10 Å². The molecule has 0 saturated carbocycles. The molecule has 86 valence electrons. The van der Waals surface area contributed by atoms with Gasteiger partial charge in [0.25, 0.3) is 0 Å². The van der Waals surface area contributed by atoms with Crippen LogP contribution in [0.15, 0.2) is 0 Å². The molecule has 0 fully saturated rings. The van der Waals surface area contributed by atoms with Crippen LogP contribution in [0.2, 0.25) is 25.2 Å². The predicted octanol–water partition coefficient (Wildman–Crippen LogP) is 2.55. The fraction of sp³-hybridized carbons (Fsp3) is 1.00. The van der Waals surface area contributed by atoms with Crippen molar-refractivity contribution in [2.75, 3.05) is 6.61 Å². The molecule has 2 atom stereocenters. The van der Waals surface area contributed by atoms with Gasteiger partial charge in [0.2, 0.25) is 0 Å². The van der Waals surface area contributed by atoms with Gasteiger partial charge in [-0.1, -0.05) is 6.92 Å². The molecular formula is C10H26O2Si2. The first-order valence-corrected chi connectivity index (χ1v) is 10.7. The molecule has 0 aromatic heterocycles. The van der Waals surface area contributed by atoms with Gasteiger partial charge in [-0.05, 0) is 45.5 Å². The fourth-order valence-corrected chi connectivity index (χ4v) is 7.03.